The molecular formula is C14H21BrN2O2. The van der Waals surface area contributed by atoms with Gasteiger partial charge in [0.05, 0.1) is 25.3 Å². The van der Waals surface area contributed by atoms with E-state index in [1.54, 1.807) is 0 Å². The average Bonchev–Trinajstić information content (AvgIpc) is 2.71. The molecule has 0 radical (unpaired) electrons. The second kappa shape index (κ2) is 5.67. The lowest BCUT2D eigenvalue weighted by Crippen LogP contribution is -2.52. The van der Waals surface area contributed by atoms with Crippen molar-refractivity contribution in [1.82, 2.24) is 9.47 Å². The van der Waals surface area contributed by atoms with Crippen LogP contribution in [0.3, 0.4) is 0 Å². The fraction of sp³-hybridized carbons (Fsp3) is 0.643. The van der Waals surface area contributed by atoms with Crippen molar-refractivity contribution in [3.63, 3.8) is 0 Å². The van der Waals surface area contributed by atoms with Gasteiger partial charge in [-0.25, -0.2) is 0 Å². The summed E-state index contributed by atoms with van der Waals surface area (Å²) in [6.45, 7) is 9.45. The molecule has 1 aliphatic heterocycles. The van der Waals surface area contributed by atoms with Crippen LogP contribution in [0.1, 0.15) is 44.2 Å². The molecule has 0 bridgehead atoms. The van der Waals surface area contributed by atoms with Gasteiger partial charge in [0.2, 0.25) is 0 Å². The highest BCUT2D eigenvalue weighted by Crippen LogP contribution is 2.23. The third kappa shape index (κ3) is 2.87. The van der Waals surface area contributed by atoms with Crippen LogP contribution in [0.15, 0.2) is 16.7 Å². The number of amides is 1. The summed E-state index contributed by atoms with van der Waals surface area (Å²) in [5, 5.41) is 0. The first-order valence-electron chi connectivity index (χ1n) is 6.69. The highest BCUT2D eigenvalue weighted by Gasteiger charge is 2.32. The Morgan fingerprint density at radius 3 is 2.47 bits per heavy atom. The molecule has 0 saturated carbocycles. The van der Waals surface area contributed by atoms with Crippen LogP contribution in [-0.4, -0.2) is 40.7 Å². The Morgan fingerprint density at radius 1 is 1.37 bits per heavy atom. The van der Waals surface area contributed by atoms with Crippen LogP contribution in [0.2, 0.25) is 0 Å². The quantitative estimate of drug-likeness (QED) is 0.836. The predicted molar refractivity (Wildman–Crippen MR) is 78.4 cm³/mol. The van der Waals surface area contributed by atoms with Gasteiger partial charge in [0.15, 0.2) is 0 Å². The zero-order valence-electron chi connectivity index (χ0n) is 11.9. The second-order valence-electron chi connectivity index (χ2n) is 5.49. The number of halogens is 1. The predicted octanol–water partition coefficient (Wildman–Crippen LogP) is 3.08. The van der Waals surface area contributed by atoms with Gasteiger partial charge in [0, 0.05) is 16.7 Å². The summed E-state index contributed by atoms with van der Waals surface area (Å²) < 4.78 is 8.44. The Hall–Kier alpha value is -0.810. The first-order chi connectivity index (χ1) is 8.91. The van der Waals surface area contributed by atoms with Crippen LogP contribution in [-0.2, 0) is 4.74 Å². The Morgan fingerprint density at radius 2 is 1.95 bits per heavy atom. The maximum absolute atomic E-state index is 12.8. The molecule has 0 spiro atoms. The van der Waals surface area contributed by atoms with Gasteiger partial charge in [-0.3, -0.25) is 4.79 Å². The molecule has 1 fully saturated rings. The van der Waals surface area contributed by atoms with Crippen molar-refractivity contribution in [2.75, 3.05) is 13.2 Å². The van der Waals surface area contributed by atoms with Crippen molar-refractivity contribution in [2.45, 2.75) is 45.8 Å². The highest BCUT2D eigenvalue weighted by molar-refractivity contribution is 9.10. The number of rotatable bonds is 2. The number of carbonyl (C=O) groups is 1. The average molecular weight is 329 g/mol. The SMILES string of the molecule is CC(C)n1cc(Br)cc1C(=O)N1[C@@H](C)COC[C@@H]1C. The summed E-state index contributed by atoms with van der Waals surface area (Å²) >= 11 is 3.46. The molecule has 5 heteroatoms. The zero-order valence-corrected chi connectivity index (χ0v) is 13.5. The molecule has 2 atom stereocenters. The van der Waals surface area contributed by atoms with Gasteiger partial charge in [-0.15, -0.1) is 0 Å². The van der Waals surface area contributed by atoms with Gasteiger partial charge in [-0.1, -0.05) is 0 Å². The molecule has 2 rings (SSSR count). The minimum atomic E-state index is 0.0858. The maximum atomic E-state index is 12.8. The summed E-state index contributed by atoms with van der Waals surface area (Å²) in [6.07, 6.45) is 1.97. The van der Waals surface area contributed by atoms with Crippen molar-refractivity contribution in [3.8, 4) is 0 Å². The first-order valence-corrected chi connectivity index (χ1v) is 7.49. The number of hydrogen-bond donors (Lipinski definition) is 0. The monoisotopic (exact) mass is 328 g/mol. The van der Waals surface area contributed by atoms with E-state index in [1.807, 2.05) is 35.6 Å². The number of carbonyl (C=O) groups excluding carboxylic acids is 1. The third-order valence-electron chi connectivity index (χ3n) is 3.49. The van der Waals surface area contributed by atoms with Crippen LogP contribution >= 0.6 is 15.9 Å². The van der Waals surface area contributed by atoms with Crippen LogP contribution in [0.5, 0.6) is 0 Å². The number of aromatic nitrogens is 1. The summed E-state index contributed by atoms with van der Waals surface area (Å²) in [5.41, 5.74) is 0.738. The van der Waals surface area contributed by atoms with Crippen molar-refractivity contribution in [1.29, 1.82) is 0 Å². The van der Waals surface area contributed by atoms with E-state index in [-0.39, 0.29) is 24.0 Å². The van der Waals surface area contributed by atoms with Crippen LogP contribution in [0.4, 0.5) is 0 Å². The van der Waals surface area contributed by atoms with Gasteiger partial charge in [0.1, 0.15) is 5.69 Å². The fourth-order valence-electron chi connectivity index (χ4n) is 2.58. The van der Waals surface area contributed by atoms with Crippen LogP contribution in [0.25, 0.3) is 0 Å². The van der Waals surface area contributed by atoms with E-state index in [2.05, 4.69) is 29.8 Å². The smallest absolute Gasteiger partial charge is 0.271 e. The number of ether oxygens (including phenoxy) is 1. The van der Waals surface area contributed by atoms with E-state index in [1.165, 1.54) is 0 Å². The molecule has 1 aromatic rings. The Labute approximate surface area is 122 Å². The fourth-order valence-corrected chi connectivity index (χ4v) is 3.02. The van der Waals surface area contributed by atoms with Gasteiger partial charge in [-0.2, -0.15) is 0 Å². The molecule has 1 aromatic heterocycles. The molecule has 106 valence electrons. The number of morpholine rings is 1. The molecule has 1 amide bonds. The summed E-state index contributed by atoms with van der Waals surface area (Å²) in [7, 11) is 0. The molecule has 2 heterocycles. The standard InChI is InChI=1S/C14H21BrN2O2/c1-9(2)16-6-12(15)5-13(16)14(18)17-10(3)7-19-8-11(17)4/h5-6,9-11H,7-8H2,1-4H3/t10-,11-/m0/s1. The summed E-state index contributed by atoms with van der Waals surface area (Å²) in [6, 6.07) is 2.39. The lowest BCUT2D eigenvalue weighted by Gasteiger charge is -2.39. The molecule has 1 saturated heterocycles. The van der Waals surface area contributed by atoms with E-state index in [9.17, 15) is 4.79 Å². The Balaban J connectivity index is 2.33. The lowest BCUT2D eigenvalue weighted by atomic mass is 10.1. The number of nitrogens with zero attached hydrogens (tertiary/aromatic N) is 2. The van der Waals surface area contributed by atoms with E-state index in [4.69, 9.17) is 4.74 Å². The molecular weight excluding hydrogens is 308 g/mol. The van der Waals surface area contributed by atoms with E-state index < -0.39 is 0 Å². The molecule has 1 aliphatic rings. The normalized spacial score (nSPS) is 24.0. The van der Waals surface area contributed by atoms with Gasteiger partial charge in [-0.05, 0) is 49.7 Å². The number of hydrogen-bond acceptors (Lipinski definition) is 2. The van der Waals surface area contributed by atoms with Crippen molar-refractivity contribution in [2.24, 2.45) is 0 Å². The minimum absolute atomic E-state index is 0.0858. The second-order valence-corrected chi connectivity index (χ2v) is 6.41. The molecule has 0 N–H and O–H groups in total. The molecule has 0 aliphatic carbocycles. The van der Waals surface area contributed by atoms with E-state index >= 15 is 0 Å². The van der Waals surface area contributed by atoms with Crippen molar-refractivity contribution in [3.05, 3.63) is 22.4 Å². The Kier molecular flexibility index (Phi) is 4.36. The molecule has 0 unspecified atom stereocenters. The van der Waals surface area contributed by atoms with Crippen molar-refractivity contribution >= 4 is 21.8 Å². The van der Waals surface area contributed by atoms with Gasteiger partial charge < -0.3 is 14.2 Å². The van der Waals surface area contributed by atoms with Gasteiger partial charge in [0.25, 0.3) is 5.91 Å². The van der Waals surface area contributed by atoms with E-state index in [0.717, 1.165) is 10.2 Å². The first kappa shape index (κ1) is 14.6. The van der Waals surface area contributed by atoms with Crippen LogP contribution in [0, 0.1) is 0 Å². The zero-order chi connectivity index (χ0) is 14.2. The molecule has 0 aromatic carbocycles. The van der Waals surface area contributed by atoms with E-state index in [0.29, 0.717) is 13.2 Å². The van der Waals surface area contributed by atoms with Crippen molar-refractivity contribution < 1.29 is 9.53 Å². The molecule has 19 heavy (non-hydrogen) atoms. The largest absolute Gasteiger partial charge is 0.377 e. The summed E-state index contributed by atoms with van der Waals surface area (Å²) in [5.74, 6) is 0.0858. The topological polar surface area (TPSA) is 34.5 Å². The lowest BCUT2D eigenvalue weighted by molar-refractivity contribution is -0.0254. The highest BCUT2D eigenvalue weighted by atomic mass is 79.9. The maximum Gasteiger partial charge on any atom is 0.271 e. The van der Waals surface area contributed by atoms with Crippen LogP contribution < -0.4 is 0 Å². The molecule has 4 nitrogen and oxygen atoms in total. The summed E-state index contributed by atoms with van der Waals surface area (Å²) in [4.78, 5) is 14.7. The van der Waals surface area contributed by atoms with Gasteiger partial charge >= 0.3 is 0 Å². The third-order valence-corrected chi connectivity index (χ3v) is 3.93. The Bertz CT molecular complexity index is 460. The minimum Gasteiger partial charge on any atom is -0.377 e.